The number of rotatable bonds is 5. The van der Waals surface area contributed by atoms with Gasteiger partial charge in [0.2, 0.25) is 5.95 Å². The standard InChI is InChI=1S/C15H14ClN3S2/c1-2-7-17-15-18-13-12(6-8-20-13)14(19-15)21-11-5-3-4-10(16)9-11/h3-6,8-9H,2,7H2,1H3,(H,17,18,19). The van der Waals surface area contributed by atoms with Crippen molar-refractivity contribution in [2.45, 2.75) is 23.3 Å². The fourth-order valence-corrected chi connectivity index (χ4v) is 3.91. The minimum atomic E-state index is 0.691. The number of anilines is 1. The largest absolute Gasteiger partial charge is 0.354 e. The first-order valence-electron chi connectivity index (χ1n) is 6.69. The van der Waals surface area contributed by atoms with Crippen LogP contribution < -0.4 is 5.32 Å². The maximum Gasteiger partial charge on any atom is 0.225 e. The van der Waals surface area contributed by atoms with Crippen LogP contribution in [0.2, 0.25) is 5.02 Å². The van der Waals surface area contributed by atoms with Gasteiger partial charge in [0, 0.05) is 21.8 Å². The molecule has 3 aromatic rings. The summed E-state index contributed by atoms with van der Waals surface area (Å²) < 4.78 is 0. The Morgan fingerprint density at radius 1 is 1.29 bits per heavy atom. The SMILES string of the molecule is CCCNc1nc(Sc2cccc(Cl)c2)c2ccsc2n1. The molecule has 2 aromatic heterocycles. The number of thiophene rings is 1. The zero-order valence-electron chi connectivity index (χ0n) is 11.5. The van der Waals surface area contributed by atoms with Crippen molar-refractivity contribution in [3.8, 4) is 0 Å². The average molecular weight is 336 g/mol. The third kappa shape index (κ3) is 3.48. The van der Waals surface area contributed by atoms with Crippen LogP contribution in [0.5, 0.6) is 0 Å². The predicted octanol–water partition coefficient (Wildman–Crippen LogP) is 5.32. The average Bonchev–Trinajstić information content (AvgIpc) is 2.94. The van der Waals surface area contributed by atoms with Gasteiger partial charge in [0.05, 0.1) is 0 Å². The molecule has 1 aromatic carbocycles. The number of nitrogens with zero attached hydrogens (tertiary/aromatic N) is 2. The predicted molar refractivity (Wildman–Crippen MR) is 91.8 cm³/mol. The van der Waals surface area contributed by atoms with Gasteiger partial charge in [0.1, 0.15) is 9.86 Å². The fraction of sp³-hybridized carbons (Fsp3) is 0.200. The number of hydrogen-bond acceptors (Lipinski definition) is 5. The molecule has 0 saturated heterocycles. The zero-order valence-corrected chi connectivity index (χ0v) is 13.9. The van der Waals surface area contributed by atoms with E-state index in [4.69, 9.17) is 11.6 Å². The lowest BCUT2D eigenvalue weighted by Gasteiger charge is -2.07. The van der Waals surface area contributed by atoms with Crippen molar-refractivity contribution < 1.29 is 0 Å². The summed E-state index contributed by atoms with van der Waals surface area (Å²) in [4.78, 5) is 11.3. The van der Waals surface area contributed by atoms with Gasteiger partial charge in [-0.3, -0.25) is 0 Å². The Hall–Kier alpha value is -1.30. The molecule has 1 N–H and O–H groups in total. The Labute approximate surface area is 136 Å². The van der Waals surface area contributed by atoms with Gasteiger partial charge in [-0.1, -0.05) is 36.4 Å². The molecule has 108 valence electrons. The third-order valence-corrected chi connectivity index (χ3v) is 4.87. The van der Waals surface area contributed by atoms with E-state index in [9.17, 15) is 0 Å². The van der Waals surface area contributed by atoms with Gasteiger partial charge >= 0.3 is 0 Å². The van der Waals surface area contributed by atoms with E-state index in [1.165, 1.54) is 0 Å². The van der Waals surface area contributed by atoms with Crippen molar-refractivity contribution in [3.05, 3.63) is 40.7 Å². The summed E-state index contributed by atoms with van der Waals surface area (Å²) in [6.45, 7) is 3.00. The monoisotopic (exact) mass is 335 g/mol. The van der Waals surface area contributed by atoms with Crippen LogP contribution in [-0.4, -0.2) is 16.5 Å². The van der Waals surface area contributed by atoms with Gasteiger partial charge in [-0.05, 0) is 36.1 Å². The first-order valence-corrected chi connectivity index (χ1v) is 8.76. The Morgan fingerprint density at radius 2 is 2.19 bits per heavy atom. The van der Waals surface area contributed by atoms with E-state index in [0.29, 0.717) is 5.95 Å². The highest BCUT2D eigenvalue weighted by molar-refractivity contribution is 7.99. The molecule has 0 spiro atoms. The van der Waals surface area contributed by atoms with E-state index in [1.807, 2.05) is 29.6 Å². The highest BCUT2D eigenvalue weighted by atomic mass is 35.5. The van der Waals surface area contributed by atoms with E-state index < -0.39 is 0 Å². The minimum absolute atomic E-state index is 0.691. The second kappa shape index (κ2) is 6.64. The van der Waals surface area contributed by atoms with Gasteiger partial charge in [0.15, 0.2) is 0 Å². The molecule has 0 radical (unpaired) electrons. The summed E-state index contributed by atoms with van der Waals surface area (Å²) in [6, 6.07) is 9.88. The minimum Gasteiger partial charge on any atom is -0.354 e. The summed E-state index contributed by atoms with van der Waals surface area (Å²) >= 11 is 9.30. The molecular weight excluding hydrogens is 322 g/mol. The van der Waals surface area contributed by atoms with Gasteiger partial charge in [-0.15, -0.1) is 11.3 Å². The fourth-order valence-electron chi connectivity index (χ4n) is 1.86. The molecule has 0 aliphatic carbocycles. The number of aromatic nitrogens is 2. The topological polar surface area (TPSA) is 37.8 Å². The maximum atomic E-state index is 6.05. The quantitative estimate of drug-likeness (QED) is 0.640. The smallest absolute Gasteiger partial charge is 0.225 e. The molecule has 0 aliphatic rings. The summed E-state index contributed by atoms with van der Waals surface area (Å²) in [5.41, 5.74) is 0. The van der Waals surface area contributed by atoms with Crippen LogP contribution in [0.1, 0.15) is 13.3 Å². The number of benzene rings is 1. The molecule has 2 heterocycles. The summed E-state index contributed by atoms with van der Waals surface area (Å²) in [7, 11) is 0. The number of hydrogen-bond donors (Lipinski definition) is 1. The number of halogens is 1. The number of nitrogens with one attached hydrogen (secondary N) is 1. The Bertz CT molecular complexity index is 758. The zero-order chi connectivity index (χ0) is 14.7. The van der Waals surface area contributed by atoms with Crippen LogP contribution in [0.25, 0.3) is 10.2 Å². The highest BCUT2D eigenvalue weighted by Crippen LogP contribution is 2.35. The van der Waals surface area contributed by atoms with Crippen molar-refractivity contribution in [2.75, 3.05) is 11.9 Å². The molecule has 0 saturated carbocycles. The van der Waals surface area contributed by atoms with Crippen molar-refractivity contribution in [1.82, 2.24) is 9.97 Å². The molecular formula is C15H14ClN3S2. The highest BCUT2D eigenvalue weighted by Gasteiger charge is 2.10. The summed E-state index contributed by atoms with van der Waals surface area (Å²) in [5.74, 6) is 0.691. The number of fused-ring (bicyclic) bond motifs is 1. The maximum absolute atomic E-state index is 6.05. The molecule has 21 heavy (non-hydrogen) atoms. The molecule has 0 bridgehead atoms. The summed E-state index contributed by atoms with van der Waals surface area (Å²) in [6.07, 6.45) is 1.04. The Balaban J connectivity index is 1.97. The van der Waals surface area contributed by atoms with Crippen LogP contribution in [-0.2, 0) is 0 Å². The van der Waals surface area contributed by atoms with Crippen molar-refractivity contribution >= 4 is 50.9 Å². The molecule has 3 nitrogen and oxygen atoms in total. The lowest BCUT2D eigenvalue weighted by molar-refractivity contribution is 0.947. The second-order valence-corrected chi connectivity index (χ2v) is 6.87. The van der Waals surface area contributed by atoms with E-state index in [2.05, 4.69) is 28.3 Å². The second-order valence-electron chi connectivity index (χ2n) is 4.48. The Kier molecular flexibility index (Phi) is 4.63. The normalized spacial score (nSPS) is 11.0. The van der Waals surface area contributed by atoms with Crippen molar-refractivity contribution in [2.24, 2.45) is 0 Å². The molecule has 3 rings (SSSR count). The van der Waals surface area contributed by atoms with Gasteiger partial charge in [-0.25, -0.2) is 9.97 Å². The first kappa shape index (κ1) is 14.6. The van der Waals surface area contributed by atoms with Gasteiger partial charge < -0.3 is 5.32 Å². The molecule has 0 aliphatic heterocycles. The van der Waals surface area contributed by atoms with Gasteiger partial charge in [-0.2, -0.15) is 0 Å². The molecule has 0 unspecified atom stereocenters. The van der Waals surface area contributed by atoms with Crippen molar-refractivity contribution in [3.63, 3.8) is 0 Å². The molecule has 0 atom stereocenters. The van der Waals surface area contributed by atoms with Crippen LogP contribution >= 0.6 is 34.7 Å². The Morgan fingerprint density at radius 3 is 3.00 bits per heavy atom. The van der Waals surface area contributed by atoms with E-state index in [1.54, 1.807) is 23.1 Å². The van der Waals surface area contributed by atoms with Crippen LogP contribution in [0.3, 0.4) is 0 Å². The lowest BCUT2D eigenvalue weighted by atomic mass is 10.4. The van der Waals surface area contributed by atoms with Crippen LogP contribution in [0.15, 0.2) is 45.6 Å². The van der Waals surface area contributed by atoms with Crippen LogP contribution in [0.4, 0.5) is 5.95 Å². The third-order valence-electron chi connectivity index (χ3n) is 2.83. The van der Waals surface area contributed by atoms with E-state index >= 15 is 0 Å². The summed E-state index contributed by atoms with van der Waals surface area (Å²) in [5, 5.41) is 8.09. The van der Waals surface area contributed by atoms with E-state index in [0.717, 1.165) is 38.1 Å². The van der Waals surface area contributed by atoms with E-state index in [-0.39, 0.29) is 0 Å². The molecule has 0 amide bonds. The lowest BCUT2D eigenvalue weighted by Crippen LogP contribution is -2.04. The molecule has 6 heteroatoms. The molecule has 0 fully saturated rings. The van der Waals surface area contributed by atoms with Gasteiger partial charge in [0.25, 0.3) is 0 Å². The van der Waals surface area contributed by atoms with Crippen LogP contribution in [0, 0.1) is 0 Å². The van der Waals surface area contributed by atoms with Crippen molar-refractivity contribution in [1.29, 1.82) is 0 Å². The first-order chi connectivity index (χ1) is 10.3.